The van der Waals surface area contributed by atoms with E-state index in [0.29, 0.717) is 40.5 Å². The number of nitrogens with one attached hydrogen (secondary N) is 3. The number of carbonyl (C=O) groups excluding carboxylic acids is 2. The average Bonchev–Trinajstić information content (AvgIpc) is 3.33. The Morgan fingerprint density at radius 3 is 2.72 bits per heavy atom. The number of nitrogens with zero attached hydrogens (tertiary/aromatic N) is 3. The fraction of sp³-hybridized carbons (Fsp3) is 0.138. The van der Waals surface area contributed by atoms with E-state index in [4.69, 9.17) is 11.6 Å². The quantitative estimate of drug-likeness (QED) is 0.277. The van der Waals surface area contributed by atoms with E-state index in [1.807, 2.05) is 18.2 Å². The Hall–Kier alpha value is -4.76. The predicted molar refractivity (Wildman–Crippen MR) is 149 cm³/mol. The van der Waals surface area contributed by atoms with Gasteiger partial charge in [-0.3, -0.25) is 19.4 Å². The van der Waals surface area contributed by atoms with Crippen LogP contribution in [0.1, 0.15) is 43.1 Å². The molecule has 5 aromatic rings. The molecule has 196 valence electrons. The lowest BCUT2D eigenvalue weighted by molar-refractivity contribution is 0.0946. The van der Waals surface area contributed by atoms with Gasteiger partial charge in [-0.2, -0.15) is 0 Å². The van der Waals surface area contributed by atoms with Crippen molar-refractivity contribution in [3.05, 3.63) is 128 Å². The third-order valence-electron chi connectivity index (χ3n) is 6.34. The van der Waals surface area contributed by atoms with Gasteiger partial charge in [0.1, 0.15) is 5.65 Å². The molecule has 4 aromatic heterocycles. The minimum Gasteiger partial charge on any atom is -0.355 e. The number of rotatable bonds is 8. The molecule has 0 unspecified atom stereocenters. The summed E-state index contributed by atoms with van der Waals surface area (Å²) in [6.07, 6.45) is 7.07. The van der Waals surface area contributed by atoms with Crippen LogP contribution in [0, 0.1) is 0 Å². The van der Waals surface area contributed by atoms with Crippen LogP contribution in [0.5, 0.6) is 0 Å². The standard InChI is InChI=1S/C29H25ClN6O3/c1-31-29(39)23-11-18(5-6-21(23)17-36-9-3-2-4-26(36)37)10-22-13-20(7-8-32-22)28(38)35-15-19-12-24-25(30)16-34-27(24)33-14-19/h2-9,11-14,16H,10,15,17H2,1H3,(H,31,39)(H,33,34)(H,35,38). The van der Waals surface area contributed by atoms with Gasteiger partial charge in [-0.25, -0.2) is 4.98 Å². The number of pyridine rings is 3. The largest absolute Gasteiger partial charge is 0.355 e. The van der Waals surface area contributed by atoms with E-state index in [1.165, 1.54) is 6.07 Å². The first kappa shape index (κ1) is 25.9. The van der Waals surface area contributed by atoms with Crippen LogP contribution in [0.4, 0.5) is 0 Å². The highest BCUT2D eigenvalue weighted by atomic mass is 35.5. The maximum absolute atomic E-state index is 12.9. The van der Waals surface area contributed by atoms with Crippen LogP contribution < -0.4 is 16.2 Å². The normalized spacial score (nSPS) is 10.9. The van der Waals surface area contributed by atoms with Gasteiger partial charge in [0, 0.05) is 73.1 Å². The molecule has 0 saturated heterocycles. The maximum Gasteiger partial charge on any atom is 0.251 e. The van der Waals surface area contributed by atoms with Crippen LogP contribution in [-0.4, -0.2) is 38.4 Å². The highest BCUT2D eigenvalue weighted by Crippen LogP contribution is 2.22. The van der Waals surface area contributed by atoms with Gasteiger partial charge in [-0.15, -0.1) is 0 Å². The highest BCUT2D eigenvalue weighted by Gasteiger charge is 2.14. The van der Waals surface area contributed by atoms with E-state index in [2.05, 4.69) is 25.6 Å². The lowest BCUT2D eigenvalue weighted by atomic mass is 9.99. The smallest absolute Gasteiger partial charge is 0.251 e. The number of H-pyrrole nitrogens is 1. The van der Waals surface area contributed by atoms with Crippen molar-refractivity contribution in [3.63, 3.8) is 0 Å². The first-order valence-corrected chi connectivity index (χ1v) is 12.6. The van der Waals surface area contributed by atoms with Crippen LogP contribution in [0.3, 0.4) is 0 Å². The van der Waals surface area contributed by atoms with Gasteiger partial charge in [0.05, 0.1) is 11.6 Å². The first-order valence-electron chi connectivity index (χ1n) is 12.3. The third kappa shape index (κ3) is 5.89. The van der Waals surface area contributed by atoms with E-state index in [0.717, 1.165) is 22.1 Å². The molecule has 5 rings (SSSR count). The Bertz CT molecular complexity index is 1740. The number of hydrogen-bond donors (Lipinski definition) is 3. The summed E-state index contributed by atoms with van der Waals surface area (Å²) in [5.74, 6) is -0.487. The van der Waals surface area contributed by atoms with Crippen molar-refractivity contribution in [1.29, 1.82) is 0 Å². The average molecular weight is 541 g/mol. The summed E-state index contributed by atoms with van der Waals surface area (Å²) in [7, 11) is 1.57. The number of halogens is 1. The van der Waals surface area contributed by atoms with Crippen molar-refractivity contribution < 1.29 is 9.59 Å². The van der Waals surface area contributed by atoms with Crippen molar-refractivity contribution in [1.82, 2.24) is 30.2 Å². The molecule has 39 heavy (non-hydrogen) atoms. The molecular formula is C29H25ClN6O3. The monoisotopic (exact) mass is 540 g/mol. The number of hydrogen-bond acceptors (Lipinski definition) is 5. The van der Waals surface area contributed by atoms with Crippen molar-refractivity contribution in [3.8, 4) is 0 Å². The van der Waals surface area contributed by atoms with Gasteiger partial charge in [-0.1, -0.05) is 29.8 Å². The lowest BCUT2D eigenvalue weighted by Gasteiger charge is -2.13. The lowest BCUT2D eigenvalue weighted by Crippen LogP contribution is -2.23. The van der Waals surface area contributed by atoms with E-state index in [-0.39, 0.29) is 23.9 Å². The Balaban J connectivity index is 1.30. The summed E-state index contributed by atoms with van der Waals surface area (Å²) < 4.78 is 1.55. The predicted octanol–water partition coefficient (Wildman–Crippen LogP) is 3.70. The number of aromatic amines is 1. The molecular weight excluding hydrogens is 516 g/mol. The number of carbonyl (C=O) groups is 2. The molecule has 0 bridgehead atoms. The summed E-state index contributed by atoms with van der Waals surface area (Å²) in [6, 6.07) is 15.8. The second-order valence-electron chi connectivity index (χ2n) is 9.01. The van der Waals surface area contributed by atoms with Gasteiger partial charge < -0.3 is 20.2 Å². The minimum absolute atomic E-state index is 0.145. The zero-order valence-corrected chi connectivity index (χ0v) is 21.8. The topological polar surface area (TPSA) is 122 Å². The van der Waals surface area contributed by atoms with Crippen molar-refractivity contribution in [2.75, 3.05) is 7.05 Å². The first-order chi connectivity index (χ1) is 18.9. The Morgan fingerprint density at radius 1 is 1.03 bits per heavy atom. The molecule has 2 amide bonds. The van der Waals surface area contributed by atoms with E-state index in [9.17, 15) is 14.4 Å². The Kier molecular flexibility index (Phi) is 7.51. The summed E-state index contributed by atoms with van der Waals surface area (Å²) >= 11 is 6.17. The van der Waals surface area contributed by atoms with E-state index in [1.54, 1.807) is 66.7 Å². The molecule has 0 spiro atoms. The van der Waals surface area contributed by atoms with Crippen LogP contribution in [0.15, 0.2) is 84.2 Å². The number of aromatic nitrogens is 4. The maximum atomic E-state index is 12.9. The zero-order chi connectivity index (χ0) is 27.4. The second kappa shape index (κ2) is 11.3. The van der Waals surface area contributed by atoms with Gasteiger partial charge in [0.25, 0.3) is 17.4 Å². The molecule has 3 N–H and O–H groups in total. The summed E-state index contributed by atoms with van der Waals surface area (Å²) in [4.78, 5) is 49.4. The molecule has 0 aliphatic rings. The molecule has 1 aromatic carbocycles. The van der Waals surface area contributed by atoms with Gasteiger partial charge in [-0.05, 0) is 47.0 Å². The number of benzene rings is 1. The summed E-state index contributed by atoms with van der Waals surface area (Å²) in [6.45, 7) is 0.567. The number of fused-ring (bicyclic) bond motifs is 1. The minimum atomic E-state index is -0.245. The van der Waals surface area contributed by atoms with Gasteiger partial charge in [0.15, 0.2) is 0 Å². The molecule has 0 fully saturated rings. The van der Waals surface area contributed by atoms with E-state index < -0.39 is 0 Å². The van der Waals surface area contributed by atoms with Crippen LogP contribution >= 0.6 is 11.6 Å². The molecule has 0 radical (unpaired) electrons. The fourth-order valence-electron chi connectivity index (χ4n) is 4.31. The molecule has 4 heterocycles. The highest BCUT2D eigenvalue weighted by molar-refractivity contribution is 6.35. The number of amides is 2. The van der Waals surface area contributed by atoms with Crippen molar-refractivity contribution in [2.24, 2.45) is 0 Å². The molecule has 0 aliphatic heterocycles. The van der Waals surface area contributed by atoms with E-state index >= 15 is 0 Å². The third-order valence-corrected chi connectivity index (χ3v) is 6.65. The molecule has 10 heteroatoms. The van der Waals surface area contributed by atoms with Gasteiger partial charge >= 0.3 is 0 Å². The molecule has 0 atom stereocenters. The Morgan fingerprint density at radius 2 is 1.90 bits per heavy atom. The summed E-state index contributed by atoms with van der Waals surface area (Å²) in [5.41, 5.74) is 4.58. The zero-order valence-electron chi connectivity index (χ0n) is 21.1. The van der Waals surface area contributed by atoms with Crippen LogP contribution in [-0.2, 0) is 19.5 Å². The Labute approximate surface area is 228 Å². The molecule has 9 nitrogen and oxygen atoms in total. The molecule has 0 aliphatic carbocycles. The van der Waals surface area contributed by atoms with Crippen LogP contribution in [0.25, 0.3) is 11.0 Å². The molecule has 0 saturated carbocycles. The van der Waals surface area contributed by atoms with Gasteiger partial charge in [0.2, 0.25) is 0 Å². The summed E-state index contributed by atoms with van der Waals surface area (Å²) in [5, 5.41) is 6.95. The van der Waals surface area contributed by atoms with Crippen molar-refractivity contribution >= 4 is 34.4 Å². The van der Waals surface area contributed by atoms with Crippen molar-refractivity contribution in [2.45, 2.75) is 19.5 Å². The van der Waals surface area contributed by atoms with Crippen LogP contribution in [0.2, 0.25) is 5.02 Å². The fourth-order valence-corrected chi connectivity index (χ4v) is 4.51. The SMILES string of the molecule is CNC(=O)c1cc(Cc2cc(C(=O)NCc3cnc4[nH]cc(Cl)c4c3)ccn2)ccc1Cn1ccccc1=O. The second-order valence-corrected chi connectivity index (χ2v) is 9.42.